The minimum atomic E-state index is -0.619. The van der Waals surface area contributed by atoms with Crippen molar-refractivity contribution in [1.82, 2.24) is 9.78 Å². The molecular weight excluding hydrogens is 292 g/mol. The van der Waals surface area contributed by atoms with Crippen LogP contribution in [0.5, 0.6) is 0 Å². The van der Waals surface area contributed by atoms with Crippen LogP contribution in [0.2, 0.25) is 0 Å². The lowest BCUT2D eigenvalue weighted by Crippen LogP contribution is -2.33. The summed E-state index contributed by atoms with van der Waals surface area (Å²) in [5, 5.41) is 15.1. The van der Waals surface area contributed by atoms with Gasteiger partial charge in [-0.15, -0.1) is 0 Å². The minimum Gasteiger partial charge on any atom is -0.390 e. The predicted molar refractivity (Wildman–Crippen MR) is 76.6 cm³/mol. The van der Waals surface area contributed by atoms with Crippen molar-refractivity contribution in [2.24, 2.45) is 13.0 Å². The van der Waals surface area contributed by atoms with Crippen molar-refractivity contribution < 1.29 is 5.11 Å². The Balaban J connectivity index is 2.09. The zero-order chi connectivity index (χ0) is 13.3. The molecule has 0 spiro atoms. The van der Waals surface area contributed by atoms with Crippen LogP contribution in [0.25, 0.3) is 0 Å². The fraction of sp³-hybridized carbons (Fsp3) is 0.786. The summed E-state index contributed by atoms with van der Waals surface area (Å²) in [4.78, 5) is 0. The zero-order valence-corrected chi connectivity index (χ0v) is 13.1. The van der Waals surface area contributed by atoms with Gasteiger partial charge in [0, 0.05) is 13.5 Å². The number of halogens is 1. The molecule has 1 aromatic heterocycles. The molecule has 2 rings (SSSR count). The van der Waals surface area contributed by atoms with Crippen molar-refractivity contribution in [1.29, 1.82) is 0 Å². The number of hydrogen-bond donors (Lipinski definition) is 1. The molecule has 1 aromatic rings. The molecule has 1 fully saturated rings. The maximum Gasteiger partial charge on any atom is 0.0766 e. The molecule has 1 N–H and O–H groups in total. The van der Waals surface area contributed by atoms with Gasteiger partial charge in [-0.2, -0.15) is 5.10 Å². The molecule has 0 bridgehead atoms. The molecule has 1 atom stereocenters. The summed E-state index contributed by atoms with van der Waals surface area (Å²) in [5.41, 5.74) is 1.56. The third-order valence-electron chi connectivity index (χ3n) is 4.00. The molecule has 1 heterocycles. The Morgan fingerprint density at radius 3 is 2.61 bits per heavy atom. The number of aliphatic hydroxyl groups is 1. The van der Waals surface area contributed by atoms with Gasteiger partial charge in [-0.3, -0.25) is 4.68 Å². The number of nitrogens with zero attached hydrogens (tertiary/aromatic N) is 2. The number of aryl methyl sites for hydroxylation is 2. The Kier molecular flexibility index (Phi) is 4.17. The molecule has 0 aromatic carbocycles. The van der Waals surface area contributed by atoms with Gasteiger partial charge in [-0.05, 0) is 41.6 Å². The van der Waals surface area contributed by atoms with Crippen LogP contribution in [0.3, 0.4) is 0 Å². The van der Waals surface area contributed by atoms with E-state index < -0.39 is 5.60 Å². The Morgan fingerprint density at radius 2 is 2.17 bits per heavy atom. The van der Waals surface area contributed by atoms with Gasteiger partial charge in [-0.1, -0.05) is 26.2 Å². The Hall–Kier alpha value is -0.350. The molecule has 1 unspecified atom stereocenters. The average molecular weight is 315 g/mol. The maximum atomic E-state index is 10.6. The number of aromatic nitrogens is 2. The summed E-state index contributed by atoms with van der Waals surface area (Å²) < 4.78 is 2.97. The van der Waals surface area contributed by atoms with Crippen LogP contribution in [-0.4, -0.2) is 20.5 Å². The van der Waals surface area contributed by atoms with Crippen molar-refractivity contribution in [2.45, 2.75) is 58.0 Å². The monoisotopic (exact) mass is 314 g/mol. The third kappa shape index (κ3) is 2.97. The highest BCUT2D eigenvalue weighted by molar-refractivity contribution is 9.10. The van der Waals surface area contributed by atoms with Gasteiger partial charge in [-0.25, -0.2) is 0 Å². The molecule has 0 saturated heterocycles. The van der Waals surface area contributed by atoms with E-state index in [1.54, 1.807) is 0 Å². The maximum absolute atomic E-state index is 10.6. The van der Waals surface area contributed by atoms with Crippen LogP contribution in [-0.2, 0) is 19.9 Å². The lowest BCUT2D eigenvalue weighted by atomic mass is 9.76. The normalized spacial score (nSPS) is 19.6. The van der Waals surface area contributed by atoms with E-state index in [1.807, 2.05) is 18.7 Å². The summed E-state index contributed by atoms with van der Waals surface area (Å²) in [5.74, 6) is 0.720. The molecule has 3 nitrogen and oxygen atoms in total. The summed E-state index contributed by atoms with van der Waals surface area (Å²) in [6.45, 7) is 4.06. The van der Waals surface area contributed by atoms with Gasteiger partial charge in [0.1, 0.15) is 0 Å². The van der Waals surface area contributed by atoms with Gasteiger partial charge in [0.05, 0.1) is 21.5 Å². The van der Waals surface area contributed by atoms with E-state index >= 15 is 0 Å². The van der Waals surface area contributed by atoms with Crippen LogP contribution in [0.15, 0.2) is 4.47 Å². The fourth-order valence-electron chi connectivity index (χ4n) is 2.76. The number of rotatable bonds is 5. The van der Waals surface area contributed by atoms with E-state index in [-0.39, 0.29) is 0 Å². The Morgan fingerprint density at radius 1 is 1.50 bits per heavy atom. The minimum absolute atomic E-state index is 0.619. The fourth-order valence-corrected chi connectivity index (χ4v) is 3.52. The summed E-state index contributed by atoms with van der Waals surface area (Å²) >= 11 is 3.62. The molecule has 4 heteroatoms. The van der Waals surface area contributed by atoms with Crippen LogP contribution in [0.1, 0.15) is 50.9 Å². The van der Waals surface area contributed by atoms with E-state index in [9.17, 15) is 5.11 Å². The number of hydrogen-bond acceptors (Lipinski definition) is 2. The lowest BCUT2D eigenvalue weighted by molar-refractivity contribution is 0.0187. The molecular formula is C14H23BrN2O. The first-order chi connectivity index (χ1) is 8.43. The lowest BCUT2D eigenvalue weighted by Gasteiger charge is -2.33. The van der Waals surface area contributed by atoms with Crippen molar-refractivity contribution in [3.8, 4) is 0 Å². The summed E-state index contributed by atoms with van der Waals surface area (Å²) in [6.07, 6.45) is 6.39. The second kappa shape index (κ2) is 5.33. The van der Waals surface area contributed by atoms with E-state index in [1.165, 1.54) is 19.3 Å². The first-order valence-corrected chi connectivity index (χ1v) is 7.65. The highest BCUT2D eigenvalue weighted by Gasteiger charge is 2.31. The molecule has 1 aliphatic carbocycles. The smallest absolute Gasteiger partial charge is 0.0766 e. The Labute approximate surface area is 118 Å². The zero-order valence-electron chi connectivity index (χ0n) is 11.5. The van der Waals surface area contributed by atoms with Gasteiger partial charge in [0.2, 0.25) is 0 Å². The largest absolute Gasteiger partial charge is 0.390 e. The van der Waals surface area contributed by atoms with Crippen molar-refractivity contribution in [2.75, 3.05) is 0 Å². The molecule has 18 heavy (non-hydrogen) atoms. The average Bonchev–Trinajstić information content (AvgIpc) is 2.51. The quantitative estimate of drug-likeness (QED) is 0.906. The molecule has 0 amide bonds. The molecule has 102 valence electrons. The Bertz CT molecular complexity index is 422. The van der Waals surface area contributed by atoms with Gasteiger partial charge < -0.3 is 5.11 Å². The van der Waals surface area contributed by atoms with Crippen molar-refractivity contribution in [3.05, 3.63) is 15.9 Å². The summed E-state index contributed by atoms with van der Waals surface area (Å²) in [7, 11) is 1.96. The standard InChI is InChI=1S/C14H23BrN2O/c1-4-11-13(15)12(17(3)16-11)9-14(2,18)8-10-6-5-7-10/h10,18H,4-9H2,1-3H3. The van der Waals surface area contributed by atoms with E-state index in [0.717, 1.165) is 34.6 Å². The van der Waals surface area contributed by atoms with Crippen LogP contribution in [0.4, 0.5) is 0 Å². The first kappa shape index (κ1) is 14.1. The molecule has 1 saturated carbocycles. The second-order valence-electron chi connectivity index (χ2n) is 5.86. The third-order valence-corrected chi connectivity index (χ3v) is 4.92. The van der Waals surface area contributed by atoms with Crippen LogP contribution < -0.4 is 0 Å². The van der Waals surface area contributed by atoms with Crippen LogP contribution in [0, 0.1) is 5.92 Å². The highest BCUT2D eigenvalue weighted by atomic mass is 79.9. The van der Waals surface area contributed by atoms with Gasteiger partial charge in [0.15, 0.2) is 0 Å². The van der Waals surface area contributed by atoms with Gasteiger partial charge >= 0.3 is 0 Å². The predicted octanol–water partition coefficient (Wildman–Crippen LogP) is 3.23. The molecule has 0 radical (unpaired) electrons. The van der Waals surface area contributed by atoms with Crippen molar-refractivity contribution >= 4 is 15.9 Å². The highest BCUT2D eigenvalue weighted by Crippen LogP contribution is 2.36. The SMILES string of the molecule is CCc1nn(C)c(CC(C)(O)CC2CCC2)c1Br. The van der Waals surface area contributed by atoms with Gasteiger partial charge in [0.25, 0.3) is 0 Å². The van der Waals surface area contributed by atoms with E-state index in [0.29, 0.717) is 6.42 Å². The topological polar surface area (TPSA) is 38.0 Å². The molecule has 1 aliphatic rings. The van der Waals surface area contributed by atoms with Crippen LogP contribution >= 0.6 is 15.9 Å². The molecule has 0 aliphatic heterocycles. The first-order valence-electron chi connectivity index (χ1n) is 6.85. The second-order valence-corrected chi connectivity index (χ2v) is 6.65. The van der Waals surface area contributed by atoms with E-state index in [2.05, 4.69) is 28.0 Å². The van der Waals surface area contributed by atoms with E-state index in [4.69, 9.17) is 0 Å². The summed E-state index contributed by atoms with van der Waals surface area (Å²) in [6, 6.07) is 0. The van der Waals surface area contributed by atoms with Crippen molar-refractivity contribution in [3.63, 3.8) is 0 Å².